The lowest BCUT2D eigenvalue weighted by Crippen LogP contribution is -2.50. The van der Waals surface area contributed by atoms with Gasteiger partial charge in [0.05, 0.1) is 5.69 Å². The number of piperidine rings is 1. The van der Waals surface area contributed by atoms with Crippen LogP contribution in [0.3, 0.4) is 0 Å². The molecule has 1 aliphatic rings. The summed E-state index contributed by atoms with van der Waals surface area (Å²) < 4.78 is 0. The average Bonchev–Trinajstić information content (AvgIpc) is 2.55. The fraction of sp³-hybridized carbons (Fsp3) is 0.526. The van der Waals surface area contributed by atoms with Gasteiger partial charge in [-0.3, -0.25) is 4.79 Å². The van der Waals surface area contributed by atoms with E-state index in [0.29, 0.717) is 0 Å². The number of aryl methyl sites for hydroxylation is 1. The van der Waals surface area contributed by atoms with E-state index in [1.54, 1.807) is 0 Å². The first-order chi connectivity index (χ1) is 11.4. The molecular formula is C19H26N4O. The molecule has 5 nitrogen and oxygen atoms in total. The van der Waals surface area contributed by atoms with E-state index >= 15 is 0 Å². The van der Waals surface area contributed by atoms with Gasteiger partial charge in [-0.1, -0.05) is 45.0 Å². The van der Waals surface area contributed by atoms with Gasteiger partial charge in [-0.05, 0) is 19.8 Å². The summed E-state index contributed by atoms with van der Waals surface area (Å²) in [5.74, 6) is 1.03. The predicted molar refractivity (Wildman–Crippen MR) is 97.1 cm³/mol. The van der Waals surface area contributed by atoms with Crippen LogP contribution in [0.25, 0.3) is 10.8 Å². The third-order valence-corrected chi connectivity index (χ3v) is 4.59. The van der Waals surface area contributed by atoms with Crippen LogP contribution in [0.15, 0.2) is 24.3 Å². The number of benzene rings is 1. The van der Waals surface area contributed by atoms with E-state index in [1.807, 2.05) is 39.8 Å². The Kier molecular flexibility index (Phi) is 4.43. The van der Waals surface area contributed by atoms with Crippen molar-refractivity contribution in [2.24, 2.45) is 5.41 Å². The third kappa shape index (κ3) is 3.35. The number of hydrogen-bond donors (Lipinski definition) is 1. The molecular weight excluding hydrogens is 300 g/mol. The summed E-state index contributed by atoms with van der Waals surface area (Å²) in [4.78, 5) is 14.5. The van der Waals surface area contributed by atoms with E-state index in [4.69, 9.17) is 0 Å². The van der Waals surface area contributed by atoms with Crippen molar-refractivity contribution < 1.29 is 4.79 Å². The van der Waals surface area contributed by atoms with Crippen LogP contribution >= 0.6 is 0 Å². The third-order valence-electron chi connectivity index (χ3n) is 4.59. The SMILES string of the molecule is Cc1nnc(N2CCCC(NC(=O)C(C)(C)C)C2)c2ccccc12. The van der Waals surface area contributed by atoms with Crippen LogP contribution in [0, 0.1) is 12.3 Å². The van der Waals surface area contributed by atoms with Gasteiger partial charge in [0.1, 0.15) is 0 Å². The number of amides is 1. The van der Waals surface area contributed by atoms with Gasteiger partial charge < -0.3 is 10.2 Å². The van der Waals surface area contributed by atoms with E-state index in [0.717, 1.165) is 48.2 Å². The number of anilines is 1. The number of carbonyl (C=O) groups is 1. The van der Waals surface area contributed by atoms with E-state index in [-0.39, 0.29) is 17.4 Å². The molecule has 0 spiro atoms. The van der Waals surface area contributed by atoms with Gasteiger partial charge in [-0.2, -0.15) is 5.10 Å². The van der Waals surface area contributed by atoms with E-state index in [2.05, 4.69) is 32.5 Å². The highest BCUT2D eigenvalue weighted by molar-refractivity contribution is 5.93. The lowest BCUT2D eigenvalue weighted by molar-refractivity contribution is -0.129. The minimum absolute atomic E-state index is 0.106. The maximum Gasteiger partial charge on any atom is 0.225 e. The molecule has 3 rings (SSSR count). The second kappa shape index (κ2) is 6.38. The molecule has 1 fully saturated rings. The van der Waals surface area contributed by atoms with Gasteiger partial charge >= 0.3 is 0 Å². The molecule has 1 aromatic heterocycles. The minimum Gasteiger partial charge on any atom is -0.353 e. The zero-order valence-electron chi connectivity index (χ0n) is 15.0. The van der Waals surface area contributed by atoms with Gasteiger partial charge in [0.2, 0.25) is 5.91 Å². The molecule has 0 saturated carbocycles. The largest absolute Gasteiger partial charge is 0.353 e. The van der Waals surface area contributed by atoms with Crippen LogP contribution in [0.5, 0.6) is 0 Å². The summed E-state index contributed by atoms with van der Waals surface area (Å²) >= 11 is 0. The van der Waals surface area contributed by atoms with E-state index < -0.39 is 0 Å². The molecule has 2 aromatic rings. The first-order valence-electron chi connectivity index (χ1n) is 8.64. The van der Waals surface area contributed by atoms with Crippen molar-refractivity contribution in [3.8, 4) is 0 Å². The molecule has 0 aliphatic carbocycles. The molecule has 1 saturated heterocycles. The highest BCUT2D eigenvalue weighted by Crippen LogP contribution is 2.27. The Morgan fingerprint density at radius 3 is 2.62 bits per heavy atom. The normalized spacial score (nSPS) is 18.7. The molecule has 2 heterocycles. The first kappa shape index (κ1) is 16.7. The van der Waals surface area contributed by atoms with Crippen molar-refractivity contribution in [1.82, 2.24) is 15.5 Å². The summed E-state index contributed by atoms with van der Waals surface area (Å²) in [6.07, 6.45) is 2.05. The zero-order chi connectivity index (χ0) is 17.3. The van der Waals surface area contributed by atoms with Crippen molar-refractivity contribution >= 4 is 22.5 Å². The summed E-state index contributed by atoms with van der Waals surface area (Å²) in [5.41, 5.74) is 0.586. The fourth-order valence-corrected chi connectivity index (χ4v) is 3.15. The molecule has 1 amide bonds. The minimum atomic E-state index is -0.362. The quantitative estimate of drug-likeness (QED) is 0.921. The molecule has 128 valence electrons. The standard InChI is InChI=1S/C19H26N4O/c1-13-15-9-5-6-10-16(15)17(22-21-13)23-11-7-8-14(12-23)20-18(24)19(2,3)4/h5-6,9-10,14H,7-8,11-12H2,1-4H3,(H,20,24). The summed E-state index contributed by atoms with van der Waals surface area (Å²) in [5, 5.41) is 14.2. The number of nitrogens with one attached hydrogen (secondary N) is 1. The van der Waals surface area contributed by atoms with Crippen LogP contribution in [0.2, 0.25) is 0 Å². The summed E-state index contributed by atoms with van der Waals surface area (Å²) in [6.45, 7) is 9.56. The van der Waals surface area contributed by atoms with Crippen molar-refractivity contribution in [3.63, 3.8) is 0 Å². The van der Waals surface area contributed by atoms with Crippen LogP contribution in [0.1, 0.15) is 39.3 Å². The lowest BCUT2D eigenvalue weighted by Gasteiger charge is -2.35. The Bertz CT molecular complexity index is 751. The molecule has 24 heavy (non-hydrogen) atoms. The van der Waals surface area contributed by atoms with Crippen molar-refractivity contribution in [2.45, 2.75) is 46.6 Å². The monoisotopic (exact) mass is 326 g/mol. The van der Waals surface area contributed by atoms with E-state index in [9.17, 15) is 4.79 Å². The maximum absolute atomic E-state index is 12.3. The van der Waals surface area contributed by atoms with E-state index in [1.165, 1.54) is 0 Å². The van der Waals surface area contributed by atoms with Crippen molar-refractivity contribution in [1.29, 1.82) is 0 Å². The number of aromatic nitrogens is 2. The Hall–Kier alpha value is -2.17. The summed E-state index contributed by atoms with van der Waals surface area (Å²) in [6, 6.07) is 8.42. The second-order valence-corrected chi connectivity index (χ2v) is 7.66. The van der Waals surface area contributed by atoms with Crippen LogP contribution in [0.4, 0.5) is 5.82 Å². The van der Waals surface area contributed by atoms with Gasteiger partial charge in [0, 0.05) is 35.3 Å². The number of carbonyl (C=O) groups excluding carboxylic acids is 1. The van der Waals surface area contributed by atoms with Gasteiger partial charge in [-0.25, -0.2) is 0 Å². The first-order valence-corrected chi connectivity index (χ1v) is 8.64. The highest BCUT2D eigenvalue weighted by Gasteiger charge is 2.28. The molecule has 0 bridgehead atoms. The Balaban J connectivity index is 1.83. The Morgan fingerprint density at radius 2 is 1.92 bits per heavy atom. The maximum atomic E-state index is 12.3. The molecule has 1 aromatic carbocycles. The van der Waals surface area contributed by atoms with Crippen molar-refractivity contribution in [3.05, 3.63) is 30.0 Å². The van der Waals surface area contributed by atoms with Crippen LogP contribution in [-0.2, 0) is 4.79 Å². The molecule has 5 heteroatoms. The molecule has 0 radical (unpaired) electrons. The number of rotatable bonds is 2. The van der Waals surface area contributed by atoms with Gasteiger partial charge in [0.25, 0.3) is 0 Å². The number of hydrogen-bond acceptors (Lipinski definition) is 4. The fourth-order valence-electron chi connectivity index (χ4n) is 3.15. The number of nitrogens with zero attached hydrogens (tertiary/aromatic N) is 3. The smallest absolute Gasteiger partial charge is 0.225 e. The lowest BCUT2D eigenvalue weighted by atomic mass is 9.94. The Morgan fingerprint density at radius 1 is 1.21 bits per heavy atom. The zero-order valence-corrected chi connectivity index (χ0v) is 15.0. The highest BCUT2D eigenvalue weighted by atomic mass is 16.2. The second-order valence-electron chi connectivity index (χ2n) is 7.66. The molecule has 1 aliphatic heterocycles. The molecule has 1 N–H and O–H groups in total. The Labute approximate surface area is 143 Å². The number of fused-ring (bicyclic) bond motifs is 1. The predicted octanol–water partition coefficient (Wildman–Crippen LogP) is 3.07. The van der Waals surface area contributed by atoms with Crippen LogP contribution < -0.4 is 10.2 Å². The van der Waals surface area contributed by atoms with Gasteiger partial charge in [0.15, 0.2) is 5.82 Å². The molecule has 1 unspecified atom stereocenters. The average molecular weight is 326 g/mol. The van der Waals surface area contributed by atoms with Gasteiger partial charge in [-0.15, -0.1) is 5.10 Å². The summed E-state index contributed by atoms with van der Waals surface area (Å²) in [7, 11) is 0. The topological polar surface area (TPSA) is 58.1 Å². The van der Waals surface area contributed by atoms with Crippen molar-refractivity contribution in [2.75, 3.05) is 18.0 Å². The van der Waals surface area contributed by atoms with Crippen LogP contribution in [-0.4, -0.2) is 35.2 Å². The molecule has 1 atom stereocenters.